The van der Waals surface area contributed by atoms with Crippen molar-refractivity contribution < 1.29 is 26.1 Å². The molecular formula is C17H13ClF3N3O3S2. The van der Waals surface area contributed by atoms with Crippen molar-refractivity contribution in [1.82, 2.24) is 14.4 Å². The van der Waals surface area contributed by atoms with E-state index in [0.29, 0.717) is 28.1 Å². The molecule has 2 aromatic heterocycles. The van der Waals surface area contributed by atoms with Gasteiger partial charge in [0.15, 0.2) is 0 Å². The van der Waals surface area contributed by atoms with Crippen LogP contribution in [0.4, 0.5) is 13.2 Å². The molecule has 3 aromatic rings. The molecule has 0 spiro atoms. The van der Waals surface area contributed by atoms with Crippen LogP contribution in [0.3, 0.4) is 0 Å². The van der Waals surface area contributed by atoms with Crippen LogP contribution in [-0.4, -0.2) is 29.4 Å². The zero-order valence-corrected chi connectivity index (χ0v) is 17.2. The van der Waals surface area contributed by atoms with E-state index in [2.05, 4.69) is 14.7 Å². The lowest BCUT2D eigenvalue weighted by atomic mass is 10.1. The second-order valence-corrected chi connectivity index (χ2v) is 9.78. The maximum Gasteiger partial charge on any atom is 0.471 e. The minimum Gasteiger partial charge on any atom is -0.329 e. The third kappa shape index (κ3) is 3.67. The predicted molar refractivity (Wildman–Crippen MR) is 100 cm³/mol. The summed E-state index contributed by atoms with van der Waals surface area (Å²) < 4.78 is 70.1. The van der Waals surface area contributed by atoms with Gasteiger partial charge in [-0.1, -0.05) is 16.8 Å². The van der Waals surface area contributed by atoms with Gasteiger partial charge in [-0.25, -0.2) is 8.42 Å². The summed E-state index contributed by atoms with van der Waals surface area (Å²) in [6.45, 7) is 1.92. The number of hydrogen-bond acceptors (Lipinski definition) is 6. The average molecular weight is 464 g/mol. The molecule has 1 aliphatic rings. The molecule has 0 aliphatic carbocycles. The number of hydrogen-bond donors (Lipinski definition) is 0. The van der Waals surface area contributed by atoms with Crippen molar-refractivity contribution in [3.8, 4) is 11.4 Å². The molecule has 4 rings (SSSR count). The zero-order valence-electron chi connectivity index (χ0n) is 14.8. The maximum absolute atomic E-state index is 13.1. The Balaban J connectivity index is 1.68. The third-order valence-corrected chi connectivity index (χ3v) is 7.90. The summed E-state index contributed by atoms with van der Waals surface area (Å²) in [7, 11) is -3.81. The monoisotopic (exact) mass is 463 g/mol. The van der Waals surface area contributed by atoms with Gasteiger partial charge in [0.2, 0.25) is 15.8 Å². The molecule has 0 fully saturated rings. The molecule has 154 valence electrons. The first kappa shape index (κ1) is 20.3. The highest BCUT2D eigenvalue weighted by Gasteiger charge is 2.39. The van der Waals surface area contributed by atoms with Gasteiger partial charge in [-0.3, -0.25) is 0 Å². The van der Waals surface area contributed by atoms with E-state index >= 15 is 0 Å². The molecule has 0 bridgehead atoms. The highest BCUT2D eigenvalue weighted by Crippen LogP contribution is 2.37. The van der Waals surface area contributed by atoms with E-state index in [-0.39, 0.29) is 23.8 Å². The summed E-state index contributed by atoms with van der Waals surface area (Å²) in [5.74, 6) is -1.65. The van der Waals surface area contributed by atoms with Crippen molar-refractivity contribution >= 4 is 33.0 Å². The van der Waals surface area contributed by atoms with Crippen LogP contribution in [0.15, 0.2) is 33.0 Å². The van der Waals surface area contributed by atoms with Gasteiger partial charge in [-0.2, -0.15) is 22.5 Å². The third-order valence-electron chi connectivity index (χ3n) is 4.57. The van der Waals surface area contributed by atoms with E-state index in [1.807, 2.05) is 0 Å². The summed E-state index contributed by atoms with van der Waals surface area (Å²) in [6, 6.07) is 4.52. The number of rotatable bonds is 3. The fourth-order valence-corrected chi connectivity index (χ4v) is 6.04. The lowest BCUT2D eigenvalue weighted by molar-refractivity contribution is -0.159. The highest BCUT2D eigenvalue weighted by atomic mass is 35.5. The molecule has 1 aliphatic heterocycles. The molecule has 3 heterocycles. The smallest absolute Gasteiger partial charge is 0.329 e. The summed E-state index contributed by atoms with van der Waals surface area (Å²) in [5, 5.41) is 5.48. The molecule has 12 heteroatoms. The van der Waals surface area contributed by atoms with Gasteiger partial charge in [-0.15, -0.1) is 11.3 Å². The Labute approximate surface area is 173 Å². The number of fused-ring (bicyclic) bond motifs is 1. The number of nitrogens with zero attached hydrogens (tertiary/aromatic N) is 3. The molecule has 0 amide bonds. The molecule has 0 radical (unpaired) electrons. The van der Waals surface area contributed by atoms with Crippen molar-refractivity contribution in [3.63, 3.8) is 0 Å². The summed E-state index contributed by atoms with van der Waals surface area (Å²) in [5.41, 5.74) is 1.45. The van der Waals surface area contributed by atoms with Crippen LogP contribution in [0.5, 0.6) is 0 Å². The van der Waals surface area contributed by atoms with Gasteiger partial charge >= 0.3 is 12.1 Å². The molecule has 0 saturated heterocycles. The number of aromatic nitrogens is 2. The topological polar surface area (TPSA) is 76.3 Å². The first-order valence-corrected chi connectivity index (χ1v) is 11.0. The van der Waals surface area contributed by atoms with Gasteiger partial charge in [0.25, 0.3) is 0 Å². The molecule has 0 unspecified atom stereocenters. The van der Waals surface area contributed by atoms with Crippen LogP contribution >= 0.6 is 22.9 Å². The van der Waals surface area contributed by atoms with Gasteiger partial charge in [0.1, 0.15) is 0 Å². The van der Waals surface area contributed by atoms with Gasteiger partial charge in [-0.05, 0) is 42.7 Å². The molecule has 0 atom stereocenters. The Morgan fingerprint density at radius 3 is 2.72 bits per heavy atom. The van der Waals surface area contributed by atoms with E-state index in [1.54, 1.807) is 18.4 Å². The average Bonchev–Trinajstić information content (AvgIpc) is 3.27. The van der Waals surface area contributed by atoms with E-state index in [9.17, 15) is 21.6 Å². The standard InChI is InChI=1S/C17H13ClF3N3O3S2/c1-9-6-10(18)2-3-14(9)29(25,26)24-5-4-13-11(7-24)12(8-28-13)15-22-16(27-23-15)17(19,20)21/h2-3,6,8H,4-5,7H2,1H3. The lowest BCUT2D eigenvalue weighted by Crippen LogP contribution is -2.35. The van der Waals surface area contributed by atoms with Crippen LogP contribution < -0.4 is 0 Å². The Morgan fingerprint density at radius 2 is 2.07 bits per heavy atom. The van der Waals surface area contributed by atoms with Gasteiger partial charge in [0, 0.05) is 33.9 Å². The molecule has 1 aromatic carbocycles. The van der Waals surface area contributed by atoms with Crippen LogP contribution in [0, 0.1) is 6.92 Å². The Kier molecular flexibility index (Phi) is 4.96. The molecule has 0 saturated carbocycles. The number of thiophene rings is 1. The summed E-state index contributed by atoms with van der Waals surface area (Å²) in [6.07, 6.45) is -4.31. The van der Waals surface area contributed by atoms with Crippen LogP contribution in [-0.2, 0) is 29.2 Å². The minimum absolute atomic E-state index is 0.00839. The lowest BCUT2D eigenvalue weighted by Gasteiger charge is -2.27. The van der Waals surface area contributed by atoms with Crippen molar-refractivity contribution in [2.75, 3.05) is 6.54 Å². The SMILES string of the molecule is Cc1cc(Cl)ccc1S(=O)(=O)N1CCc2scc(-c3noc(C(F)(F)F)n3)c2C1. The van der Waals surface area contributed by atoms with Crippen molar-refractivity contribution in [1.29, 1.82) is 0 Å². The maximum atomic E-state index is 13.1. The van der Waals surface area contributed by atoms with Gasteiger partial charge in [0.05, 0.1) is 4.90 Å². The predicted octanol–water partition coefficient (Wildman–Crippen LogP) is 4.53. The van der Waals surface area contributed by atoms with Crippen molar-refractivity contribution in [2.24, 2.45) is 0 Å². The van der Waals surface area contributed by atoms with E-state index in [0.717, 1.165) is 4.88 Å². The Morgan fingerprint density at radius 1 is 1.31 bits per heavy atom. The van der Waals surface area contributed by atoms with E-state index < -0.39 is 22.1 Å². The zero-order chi connectivity index (χ0) is 21.0. The number of alkyl halides is 3. The fourth-order valence-electron chi connectivity index (χ4n) is 3.17. The van der Waals surface area contributed by atoms with E-state index in [4.69, 9.17) is 11.6 Å². The first-order valence-electron chi connectivity index (χ1n) is 8.34. The van der Waals surface area contributed by atoms with Crippen LogP contribution in [0.25, 0.3) is 11.4 Å². The number of halogens is 4. The first-order chi connectivity index (χ1) is 13.6. The highest BCUT2D eigenvalue weighted by molar-refractivity contribution is 7.89. The summed E-state index contributed by atoms with van der Waals surface area (Å²) >= 11 is 7.25. The number of aryl methyl sites for hydroxylation is 1. The summed E-state index contributed by atoms with van der Waals surface area (Å²) in [4.78, 5) is 4.45. The molecular weight excluding hydrogens is 451 g/mol. The number of benzene rings is 1. The Hall–Kier alpha value is -1.95. The van der Waals surface area contributed by atoms with Gasteiger partial charge < -0.3 is 4.52 Å². The van der Waals surface area contributed by atoms with Crippen LogP contribution in [0.2, 0.25) is 5.02 Å². The van der Waals surface area contributed by atoms with Crippen molar-refractivity contribution in [2.45, 2.75) is 31.0 Å². The second kappa shape index (κ2) is 7.08. The van der Waals surface area contributed by atoms with E-state index in [1.165, 1.54) is 27.8 Å². The number of sulfonamides is 1. The fraction of sp³-hybridized carbons (Fsp3) is 0.294. The normalized spacial score (nSPS) is 15.5. The largest absolute Gasteiger partial charge is 0.471 e. The second-order valence-electron chi connectivity index (χ2n) is 6.47. The minimum atomic E-state index is -4.75. The van der Waals surface area contributed by atoms with Crippen molar-refractivity contribution in [3.05, 3.63) is 50.5 Å². The Bertz CT molecular complexity index is 1190. The quantitative estimate of drug-likeness (QED) is 0.570. The van der Waals surface area contributed by atoms with Crippen LogP contribution in [0.1, 0.15) is 21.9 Å². The molecule has 6 nitrogen and oxygen atoms in total. The molecule has 0 N–H and O–H groups in total. The molecule has 29 heavy (non-hydrogen) atoms.